The number of rotatable bonds is 5. The van der Waals surface area contributed by atoms with E-state index in [1.165, 1.54) is 50.1 Å². The van der Waals surface area contributed by atoms with Crippen molar-refractivity contribution in [3.05, 3.63) is 23.1 Å². The molecule has 1 unspecified atom stereocenters. The van der Waals surface area contributed by atoms with Gasteiger partial charge in [-0.2, -0.15) is 0 Å². The van der Waals surface area contributed by atoms with Gasteiger partial charge >= 0.3 is 0 Å². The highest BCUT2D eigenvalue weighted by Gasteiger charge is 2.32. The Hall–Kier alpha value is -1.60. The minimum atomic E-state index is 0.422. The molecule has 0 amide bonds. The van der Waals surface area contributed by atoms with Crippen molar-refractivity contribution in [1.82, 2.24) is 25.1 Å². The third-order valence-electron chi connectivity index (χ3n) is 4.31. The molecular formula is C15H20N6S. The monoisotopic (exact) mass is 316 g/mol. The van der Waals surface area contributed by atoms with E-state index in [1.54, 1.807) is 6.20 Å². The first-order valence-electron chi connectivity index (χ1n) is 7.91. The van der Waals surface area contributed by atoms with E-state index in [2.05, 4.69) is 25.4 Å². The van der Waals surface area contributed by atoms with Crippen LogP contribution in [0.4, 0.5) is 10.9 Å². The van der Waals surface area contributed by atoms with Gasteiger partial charge in [0.05, 0.1) is 24.1 Å². The van der Waals surface area contributed by atoms with Crippen molar-refractivity contribution in [3.63, 3.8) is 0 Å². The molecule has 1 saturated heterocycles. The Labute approximate surface area is 134 Å². The summed E-state index contributed by atoms with van der Waals surface area (Å²) in [6.45, 7) is 4.36. The molecule has 0 aromatic carbocycles. The number of anilines is 2. The molecule has 116 valence electrons. The number of likely N-dealkylation sites (tertiary alicyclic amines) is 1. The van der Waals surface area contributed by atoms with E-state index >= 15 is 0 Å². The van der Waals surface area contributed by atoms with Crippen LogP contribution in [-0.2, 0) is 0 Å². The molecule has 3 heterocycles. The molecule has 0 bridgehead atoms. The largest absolute Gasteiger partial charge is 0.313 e. The molecule has 0 spiro atoms. The van der Waals surface area contributed by atoms with Crippen LogP contribution < -0.4 is 5.32 Å². The molecule has 7 heteroatoms. The second-order valence-corrected chi connectivity index (χ2v) is 7.36. The highest BCUT2D eigenvalue weighted by Crippen LogP contribution is 2.37. The fraction of sp³-hybridized carbons (Fsp3) is 0.600. The van der Waals surface area contributed by atoms with Crippen LogP contribution in [0, 0.1) is 12.8 Å². The van der Waals surface area contributed by atoms with Gasteiger partial charge < -0.3 is 5.32 Å². The van der Waals surface area contributed by atoms with Gasteiger partial charge in [-0.3, -0.25) is 9.88 Å². The summed E-state index contributed by atoms with van der Waals surface area (Å²) in [5.41, 5.74) is 1.07. The second-order valence-electron chi connectivity index (χ2n) is 6.18. The number of hydrogen-bond acceptors (Lipinski definition) is 7. The van der Waals surface area contributed by atoms with Crippen LogP contribution in [0.25, 0.3) is 0 Å². The van der Waals surface area contributed by atoms with Crippen molar-refractivity contribution in [2.24, 2.45) is 5.92 Å². The number of aromatic nitrogens is 4. The third-order valence-corrected chi connectivity index (χ3v) is 5.06. The van der Waals surface area contributed by atoms with Crippen molar-refractivity contribution >= 4 is 22.3 Å². The van der Waals surface area contributed by atoms with Gasteiger partial charge in [-0.15, -0.1) is 10.2 Å². The summed E-state index contributed by atoms with van der Waals surface area (Å²) in [7, 11) is 0. The topological polar surface area (TPSA) is 66.8 Å². The zero-order valence-electron chi connectivity index (χ0n) is 12.7. The van der Waals surface area contributed by atoms with Crippen molar-refractivity contribution in [1.29, 1.82) is 0 Å². The van der Waals surface area contributed by atoms with E-state index in [-0.39, 0.29) is 0 Å². The lowest BCUT2D eigenvalue weighted by Gasteiger charge is -2.23. The predicted octanol–water partition coefficient (Wildman–Crippen LogP) is 2.93. The molecule has 2 aromatic heterocycles. The van der Waals surface area contributed by atoms with Crippen LogP contribution >= 0.6 is 11.3 Å². The molecule has 1 aliphatic carbocycles. The molecule has 4 rings (SSSR count). The summed E-state index contributed by atoms with van der Waals surface area (Å²) >= 11 is 1.53. The van der Waals surface area contributed by atoms with E-state index in [0.717, 1.165) is 27.6 Å². The van der Waals surface area contributed by atoms with Crippen LogP contribution in [0.5, 0.6) is 0 Å². The lowest BCUT2D eigenvalue weighted by Crippen LogP contribution is -2.26. The maximum Gasteiger partial charge on any atom is 0.211 e. The van der Waals surface area contributed by atoms with Gasteiger partial charge in [0.2, 0.25) is 5.13 Å². The Balaban J connectivity index is 1.50. The molecule has 1 atom stereocenters. The van der Waals surface area contributed by atoms with Crippen LogP contribution in [-0.4, -0.2) is 38.2 Å². The number of nitrogens with zero attached hydrogens (tertiary/aromatic N) is 5. The standard InChI is InChI=1S/C15H20N6S/c1-10-19-20-15(22-10)18-14-8-16-7-12(17-14)13-3-2-6-21(13)9-11-4-5-11/h7-8,11,13H,2-6,9H2,1H3,(H,17,18,20). The van der Waals surface area contributed by atoms with Gasteiger partial charge in [-0.05, 0) is 45.1 Å². The first-order valence-corrected chi connectivity index (χ1v) is 8.73. The summed E-state index contributed by atoms with van der Waals surface area (Å²) in [6, 6.07) is 0.422. The Morgan fingerprint density at radius 3 is 2.95 bits per heavy atom. The fourth-order valence-corrected chi connectivity index (χ4v) is 3.67. The Morgan fingerprint density at radius 1 is 1.27 bits per heavy atom. The summed E-state index contributed by atoms with van der Waals surface area (Å²) < 4.78 is 0. The molecule has 1 aliphatic heterocycles. The van der Waals surface area contributed by atoms with Crippen molar-refractivity contribution in [3.8, 4) is 0 Å². The molecule has 1 saturated carbocycles. The van der Waals surface area contributed by atoms with Crippen LogP contribution in [0.3, 0.4) is 0 Å². The maximum atomic E-state index is 4.76. The quantitative estimate of drug-likeness (QED) is 0.915. The first-order chi connectivity index (χ1) is 10.8. The normalized spacial score (nSPS) is 22.1. The second kappa shape index (κ2) is 5.89. The number of nitrogens with one attached hydrogen (secondary N) is 1. The zero-order valence-corrected chi connectivity index (χ0v) is 13.5. The van der Waals surface area contributed by atoms with Gasteiger partial charge in [0.25, 0.3) is 0 Å². The third kappa shape index (κ3) is 3.10. The summed E-state index contributed by atoms with van der Waals surface area (Å²) in [6.07, 6.45) is 8.89. The average molecular weight is 316 g/mol. The van der Waals surface area contributed by atoms with Gasteiger partial charge in [0, 0.05) is 6.54 Å². The highest BCUT2D eigenvalue weighted by atomic mass is 32.1. The van der Waals surface area contributed by atoms with E-state index in [0.29, 0.717) is 6.04 Å². The number of hydrogen-bond donors (Lipinski definition) is 1. The maximum absolute atomic E-state index is 4.76. The van der Waals surface area contributed by atoms with Gasteiger partial charge in [-0.25, -0.2) is 4.98 Å². The van der Waals surface area contributed by atoms with Crippen LogP contribution in [0.2, 0.25) is 0 Å². The lowest BCUT2D eigenvalue weighted by atomic mass is 10.1. The Kier molecular flexibility index (Phi) is 3.75. The fourth-order valence-electron chi connectivity index (χ4n) is 3.07. The van der Waals surface area contributed by atoms with E-state index in [9.17, 15) is 0 Å². The summed E-state index contributed by atoms with van der Waals surface area (Å²) in [5.74, 6) is 1.67. The molecule has 1 N–H and O–H groups in total. The lowest BCUT2D eigenvalue weighted by molar-refractivity contribution is 0.242. The van der Waals surface area contributed by atoms with Crippen LogP contribution in [0.15, 0.2) is 12.4 Å². The SMILES string of the molecule is Cc1nnc(Nc2cncc(C3CCCN3CC3CC3)n2)s1. The van der Waals surface area contributed by atoms with E-state index in [4.69, 9.17) is 4.98 Å². The molecule has 2 aliphatic rings. The van der Waals surface area contributed by atoms with Gasteiger partial charge in [-0.1, -0.05) is 11.3 Å². The van der Waals surface area contributed by atoms with Crippen molar-refractivity contribution in [2.45, 2.75) is 38.6 Å². The van der Waals surface area contributed by atoms with Crippen LogP contribution in [0.1, 0.15) is 42.4 Å². The molecule has 2 aromatic rings. The zero-order chi connectivity index (χ0) is 14.9. The van der Waals surface area contributed by atoms with Gasteiger partial charge in [0.15, 0.2) is 5.82 Å². The molecular weight excluding hydrogens is 296 g/mol. The predicted molar refractivity (Wildman–Crippen MR) is 86.2 cm³/mol. The minimum absolute atomic E-state index is 0.422. The molecule has 6 nitrogen and oxygen atoms in total. The average Bonchev–Trinajstić information content (AvgIpc) is 3.04. The Bertz CT molecular complexity index is 653. The van der Waals surface area contributed by atoms with Gasteiger partial charge in [0.1, 0.15) is 5.01 Å². The molecule has 22 heavy (non-hydrogen) atoms. The summed E-state index contributed by atoms with van der Waals surface area (Å²) in [5, 5.41) is 13.0. The van der Waals surface area contributed by atoms with Crippen molar-refractivity contribution in [2.75, 3.05) is 18.4 Å². The smallest absolute Gasteiger partial charge is 0.211 e. The Morgan fingerprint density at radius 2 is 2.18 bits per heavy atom. The van der Waals surface area contributed by atoms with E-state index in [1.807, 2.05) is 13.1 Å². The summed E-state index contributed by atoms with van der Waals surface area (Å²) in [4.78, 5) is 11.7. The first kappa shape index (κ1) is 14.0. The molecule has 0 radical (unpaired) electrons. The van der Waals surface area contributed by atoms with Crippen molar-refractivity contribution < 1.29 is 0 Å². The highest BCUT2D eigenvalue weighted by molar-refractivity contribution is 7.15. The minimum Gasteiger partial charge on any atom is -0.313 e. The molecule has 2 fully saturated rings. The number of aryl methyl sites for hydroxylation is 1. The van der Waals surface area contributed by atoms with E-state index < -0.39 is 0 Å².